The molecule has 0 aliphatic heterocycles. The summed E-state index contributed by atoms with van der Waals surface area (Å²) in [5.41, 5.74) is 0. The number of carbonyl (C=O) groups excluding carboxylic acids is 1. The molecule has 0 atom stereocenters. The summed E-state index contributed by atoms with van der Waals surface area (Å²) in [6.07, 6.45) is -0.292. The molecule has 0 fully saturated rings. The fraction of sp³-hybridized carbons (Fsp3) is 0.750. The van der Waals surface area contributed by atoms with Gasteiger partial charge in [0.1, 0.15) is 4.61 Å². The summed E-state index contributed by atoms with van der Waals surface area (Å²) in [4.78, 5) is 11.8. The first kappa shape index (κ1) is 8.00. The van der Waals surface area contributed by atoms with Gasteiger partial charge in [-0.05, 0) is 22.6 Å². The molecular formula is C4H8INO2. The largest absolute Gasteiger partial charge is 0.439 e. The molecular weight excluding hydrogens is 221 g/mol. The Kier molecular flexibility index (Phi) is 3.94. The first-order valence-corrected chi connectivity index (χ1v) is 3.61. The molecule has 0 N–H and O–H groups in total. The molecule has 0 saturated carbocycles. The van der Waals surface area contributed by atoms with Gasteiger partial charge in [0.15, 0.2) is 0 Å². The van der Waals surface area contributed by atoms with Crippen LogP contribution in [-0.2, 0) is 4.74 Å². The highest BCUT2D eigenvalue weighted by atomic mass is 127. The molecule has 48 valence electrons. The normalized spacial score (nSPS) is 8.38. The molecule has 0 aromatic rings. The molecule has 0 unspecified atom stereocenters. The highest BCUT2D eigenvalue weighted by molar-refractivity contribution is 14.1. The number of ether oxygens (including phenoxy) is 1. The number of halogens is 1. The molecule has 8 heavy (non-hydrogen) atoms. The van der Waals surface area contributed by atoms with E-state index in [2.05, 4.69) is 4.74 Å². The van der Waals surface area contributed by atoms with Crippen LogP contribution in [0.1, 0.15) is 0 Å². The lowest BCUT2D eigenvalue weighted by Gasteiger charge is -2.07. The standard InChI is InChI=1S/C4H8INO2/c1-6(2)4(7)8-3-5/h3H2,1-2H3. The van der Waals surface area contributed by atoms with Crippen LogP contribution in [0.2, 0.25) is 0 Å². The number of rotatable bonds is 1. The van der Waals surface area contributed by atoms with Gasteiger partial charge in [0, 0.05) is 14.1 Å². The van der Waals surface area contributed by atoms with E-state index in [0.717, 1.165) is 0 Å². The molecule has 0 saturated heterocycles. The smallest absolute Gasteiger partial charge is 0.410 e. The minimum absolute atomic E-state index is 0.292. The van der Waals surface area contributed by atoms with E-state index in [1.54, 1.807) is 14.1 Å². The lowest BCUT2D eigenvalue weighted by molar-refractivity contribution is 0.139. The molecule has 0 aromatic carbocycles. The Morgan fingerprint density at radius 3 is 2.38 bits per heavy atom. The fourth-order valence-electron chi connectivity index (χ4n) is 0.176. The van der Waals surface area contributed by atoms with Crippen molar-refractivity contribution in [3.8, 4) is 0 Å². The third kappa shape index (κ3) is 3.06. The molecule has 0 spiro atoms. The van der Waals surface area contributed by atoms with Crippen molar-refractivity contribution in [1.82, 2.24) is 4.90 Å². The van der Waals surface area contributed by atoms with Gasteiger partial charge in [0.05, 0.1) is 0 Å². The maximum atomic E-state index is 10.4. The van der Waals surface area contributed by atoms with E-state index in [1.807, 2.05) is 22.6 Å². The maximum absolute atomic E-state index is 10.4. The van der Waals surface area contributed by atoms with Gasteiger partial charge in [-0.1, -0.05) is 0 Å². The van der Waals surface area contributed by atoms with Crippen molar-refractivity contribution in [2.24, 2.45) is 0 Å². The van der Waals surface area contributed by atoms with Gasteiger partial charge < -0.3 is 9.64 Å². The highest BCUT2D eigenvalue weighted by Crippen LogP contribution is 1.88. The predicted molar refractivity (Wildman–Crippen MR) is 39.1 cm³/mol. The Labute approximate surface area is 62.1 Å². The average Bonchev–Trinajstić information content (AvgIpc) is 1.67. The Hall–Kier alpha value is 0. The SMILES string of the molecule is CN(C)C(=O)OCI. The summed E-state index contributed by atoms with van der Waals surface area (Å²) in [7, 11) is 3.29. The minimum atomic E-state index is -0.292. The van der Waals surface area contributed by atoms with Crippen molar-refractivity contribution < 1.29 is 9.53 Å². The van der Waals surface area contributed by atoms with Crippen molar-refractivity contribution in [3.05, 3.63) is 0 Å². The molecule has 3 nitrogen and oxygen atoms in total. The fourth-order valence-corrected chi connectivity index (χ4v) is 0.442. The van der Waals surface area contributed by atoms with Crippen LogP contribution in [0.25, 0.3) is 0 Å². The maximum Gasteiger partial charge on any atom is 0.410 e. The number of alkyl halides is 1. The first-order chi connectivity index (χ1) is 3.68. The van der Waals surface area contributed by atoms with Crippen LogP contribution in [0.3, 0.4) is 0 Å². The molecule has 0 heterocycles. The highest BCUT2D eigenvalue weighted by Gasteiger charge is 2.00. The van der Waals surface area contributed by atoms with Gasteiger partial charge in [-0.3, -0.25) is 0 Å². The van der Waals surface area contributed by atoms with Crippen molar-refractivity contribution in [1.29, 1.82) is 0 Å². The van der Waals surface area contributed by atoms with Gasteiger partial charge in [-0.2, -0.15) is 0 Å². The third-order valence-electron chi connectivity index (χ3n) is 0.543. The van der Waals surface area contributed by atoms with Crippen molar-refractivity contribution in [2.75, 3.05) is 18.7 Å². The van der Waals surface area contributed by atoms with Gasteiger partial charge >= 0.3 is 6.09 Å². The number of nitrogens with zero attached hydrogens (tertiary/aromatic N) is 1. The van der Waals surface area contributed by atoms with Crippen LogP contribution >= 0.6 is 22.6 Å². The summed E-state index contributed by atoms with van der Waals surface area (Å²) >= 11 is 1.97. The summed E-state index contributed by atoms with van der Waals surface area (Å²) in [5.74, 6) is 0. The first-order valence-electron chi connectivity index (χ1n) is 2.08. The lowest BCUT2D eigenvalue weighted by Crippen LogP contribution is -2.21. The summed E-state index contributed by atoms with van der Waals surface area (Å²) in [6.45, 7) is 0. The Morgan fingerprint density at radius 1 is 1.75 bits per heavy atom. The zero-order valence-corrected chi connectivity index (χ0v) is 7.01. The van der Waals surface area contributed by atoms with Crippen LogP contribution in [0.4, 0.5) is 4.79 Å². The van der Waals surface area contributed by atoms with E-state index in [1.165, 1.54) is 4.90 Å². The van der Waals surface area contributed by atoms with Crippen molar-refractivity contribution in [2.45, 2.75) is 0 Å². The zero-order valence-electron chi connectivity index (χ0n) is 4.85. The van der Waals surface area contributed by atoms with Gasteiger partial charge in [-0.15, -0.1) is 0 Å². The zero-order chi connectivity index (χ0) is 6.57. The molecule has 0 aromatic heterocycles. The van der Waals surface area contributed by atoms with E-state index in [9.17, 15) is 4.79 Å². The molecule has 0 rings (SSSR count). The second-order valence-corrected chi connectivity index (χ2v) is 2.04. The topological polar surface area (TPSA) is 29.5 Å². The summed E-state index contributed by atoms with van der Waals surface area (Å²) in [5, 5.41) is 0. The van der Waals surface area contributed by atoms with E-state index in [4.69, 9.17) is 0 Å². The Balaban J connectivity index is 3.33. The number of carbonyl (C=O) groups is 1. The summed E-state index contributed by atoms with van der Waals surface area (Å²) in [6, 6.07) is 0. The van der Waals surface area contributed by atoms with Crippen LogP contribution in [0.5, 0.6) is 0 Å². The summed E-state index contributed by atoms with van der Waals surface area (Å²) < 4.78 is 4.99. The number of hydrogen-bond donors (Lipinski definition) is 0. The van der Waals surface area contributed by atoms with Crippen LogP contribution in [0.15, 0.2) is 0 Å². The Morgan fingerprint density at radius 2 is 2.25 bits per heavy atom. The van der Waals surface area contributed by atoms with Gasteiger partial charge in [-0.25, -0.2) is 4.79 Å². The third-order valence-corrected chi connectivity index (χ3v) is 0.855. The van der Waals surface area contributed by atoms with Crippen molar-refractivity contribution >= 4 is 28.7 Å². The van der Waals surface area contributed by atoms with Crippen molar-refractivity contribution in [3.63, 3.8) is 0 Å². The molecule has 1 amide bonds. The molecule has 0 radical (unpaired) electrons. The monoisotopic (exact) mass is 229 g/mol. The molecule has 0 bridgehead atoms. The molecule has 0 aliphatic carbocycles. The second-order valence-electron chi connectivity index (χ2n) is 1.41. The van der Waals surface area contributed by atoms with E-state index in [0.29, 0.717) is 4.61 Å². The lowest BCUT2D eigenvalue weighted by atomic mass is 10.9. The van der Waals surface area contributed by atoms with Crippen LogP contribution in [-0.4, -0.2) is 29.7 Å². The molecule has 0 aliphatic rings. The quantitative estimate of drug-likeness (QED) is 0.497. The van der Waals surface area contributed by atoms with Crippen LogP contribution in [0, 0.1) is 0 Å². The minimum Gasteiger partial charge on any atom is -0.439 e. The second kappa shape index (κ2) is 3.94. The van der Waals surface area contributed by atoms with E-state index >= 15 is 0 Å². The van der Waals surface area contributed by atoms with Gasteiger partial charge in [0.2, 0.25) is 0 Å². The molecule has 4 heteroatoms. The average molecular weight is 229 g/mol. The van der Waals surface area contributed by atoms with Crippen LogP contribution < -0.4 is 0 Å². The van der Waals surface area contributed by atoms with Gasteiger partial charge in [0.25, 0.3) is 0 Å². The van der Waals surface area contributed by atoms with E-state index in [-0.39, 0.29) is 6.09 Å². The number of amides is 1. The number of hydrogen-bond acceptors (Lipinski definition) is 2. The van der Waals surface area contributed by atoms with E-state index < -0.39 is 0 Å². The predicted octanol–water partition coefficient (Wildman–Crippen LogP) is 1.08. The Bertz CT molecular complexity index is 84.1.